The molecule has 0 atom stereocenters. The molecule has 0 aliphatic carbocycles. The molecule has 21 heavy (non-hydrogen) atoms. The molecule has 0 saturated carbocycles. The number of benzene rings is 2. The quantitative estimate of drug-likeness (QED) is 0.679. The van der Waals surface area contributed by atoms with Crippen molar-refractivity contribution in [3.8, 4) is 11.5 Å². The third-order valence-electron chi connectivity index (χ3n) is 3.14. The van der Waals surface area contributed by atoms with Crippen LogP contribution in [0, 0.1) is 0 Å². The Hall–Kier alpha value is -2.20. The van der Waals surface area contributed by atoms with Crippen molar-refractivity contribution >= 4 is 23.1 Å². The number of methoxy groups -OCH3 is 2. The third kappa shape index (κ3) is 3.47. The van der Waals surface area contributed by atoms with Gasteiger partial charge in [0.15, 0.2) is 17.3 Å². The maximum atomic E-state index is 12.3. The zero-order valence-corrected chi connectivity index (χ0v) is 12.6. The Morgan fingerprint density at radius 1 is 1.10 bits per heavy atom. The second-order valence-electron chi connectivity index (χ2n) is 4.53. The van der Waals surface area contributed by atoms with Gasteiger partial charge in [-0.15, -0.1) is 0 Å². The molecule has 0 heterocycles. The van der Waals surface area contributed by atoms with Crippen molar-refractivity contribution in [3.05, 3.63) is 52.5 Å². The lowest BCUT2D eigenvalue weighted by Gasteiger charge is -2.09. The van der Waals surface area contributed by atoms with Gasteiger partial charge in [0.2, 0.25) is 0 Å². The van der Waals surface area contributed by atoms with E-state index in [2.05, 4.69) is 0 Å². The molecular weight excluding hydrogens is 290 g/mol. The molecule has 0 bridgehead atoms. The Labute approximate surface area is 128 Å². The normalized spacial score (nSPS) is 10.2. The van der Waals surface area contributed by atoms with Gasteiger partial charge in [0, 0.05) is 12.0 Å². The summed E-state index contributed by atoms with van der Waals surface area (Å²) in [5.41, 5.74) is 7.47. The zero-order chi connectivity index (χ0) is 15.4. The molecule has 0 fully saturated rings. The van der Waals surface area contributed by atoms with E-state index < -0.39 is 0 Å². The second kappa shape index (κ2) is 6.50. The lowest BCUT2D eigenvalue weighted by atomic mass is 10.0. The predicted octanol–water partition coefficient (Wildman–Crippen LogP) is 3.36. The average Bonchev–Trinajstić information content (AvgIpc) is 2.49. The van der Waals surface area contributed by atoms with Gasteiger partial charge in [0.1, 0.15) is 0 Å². The molecule has 110 valence electrons. The van der Waals surface area contributed by atoms with E-state index in [1.54, 1.807) is 44.6 Å². The van der Waals surface area contributed by atoms with E-state index in [-0.39, 0.29) is 12.2 Å². The highest BCUT2D eigenvalue weighted by Gasteiger charge is 2.11. The molecule has 2 rings (SSSR count). The standard InChI is InChI=1S/C16H16ClNO3/c1-20-15-6-3-10(8-16(15)21-2)7-14(19)11-4-5-13(18)12(17)9-11/h3-6,8-9H,7,18H2,1-2H3. The summed E-state index contributed by atoms with van der Waals surface area (Å²) in [6.07, 6.45) is 0.251. The first-order valence-corrected chi connectivity index (χ1v) is 6.72. The van der Waals surface area contributed by atoms with Crippen LogP contribution in [-0.4, -0.2) is 20.0 Å². The second-order valence-corrected chi connectivity index (χ2v) is 4.93. The van der Waals surface area contributed by atoms with E-state index in [9.17, 15) is 4.79 Å². The average molecular weight is 306 g/mol. The van der Waals surface area contributed by atoms with Gasteiger partial charge in [-0.1, -0.05) is 17.7 Å². The van der Waals surface area contributed by atoms with Crippen LogP contribution in [0.4, 0.5) is 5.69 Å². The van der Waals surface area contributed by atoms with Gasteiger partial charge >= 0.3 is 0 Å². The number of Topliss-reactive ketones (excluding diaryl/α,β-unsaturated/α-hetero) is 1. The van der Waals surface area contributed by atoms with E-state index in [4.69, 9.17) is 26.8 Å². The number of nitrogen functional groups attached to an aromatic ring is 1. The van der Waals surface area contributed by atoms with Crippen molar-refractivity contribution in [3.63, 3.8) is 0 Å². The fraction of sp³-hybridized carbons (Fsp3) is 0.188. The molecular formula is C16H16ClNO3. The maximum Gasteiger partial charge on any atom is 0.167 e. The Morgan fingerprint density at radius 3 is 2.43 bits per heavy atom. The molecule has 4 nitrogen and oxygen atoms in total. The Morgan fingerprint density at radius 2 is 1.81 bits per heavy atom. The number of carbonyl (C=O) groups is 1. The van der Waals surface area contributed by atoms with Crippen LogP contribution in [0.25, 0.3) is 0 Å². The van der Waals surface area contributed by atoms with Crippen LogP contribution >= 0.6 is 11.6 Å². The van der Waals surface area contributed by atoms with Crippen molar-refractivity contribution in [1.29, 1.82) is 0 Å². The lowest BCUT2D eigenvalue weighted by molar-refractivity contribution is 0.0993. The van der Waals surface area contributed by atoms with E-state index in [1.807, 2.05) is 6.07 Å². The summed E-state index contributed by atoms with van der Waals surface area (Å²) in [5.74, 6) is 1.19. The minimum Gasteiger partial charge on any atom is -0.493 e. The lowest BCUT2D eigenvalue weighted by Crippen LogP contribution is -2.04. The first kappa shape index (κ1) is 15.2. The minimum atomic E-state index is -0.0379. The SMILES string of the molecule is COc1ccc(CC(=O)c2ccc(N)c(Cl)c2)cc1OC. The fourth-order valence-electron chi connectivity index (χ4n) is 1.98. The number of hydrogen-bond acceptors (Lipinski definition) is 4. The molecule has 0 radical (unpaired) electrons. The molecule has 5 heteroatoms. The summed E-state index contributed by atoms with van der Waals surface area (Å²) in [6, 6.07) is 10.3. The Bertz CT molecular complexity index is 671. The highest BCUT2D eigenvalue weighted by molar-refractivity contribution is 6.33. The van der Waals surface area contributed by atoms with Crippen LogP contribution < -0.4 is 15.2 Å². The van der Waals surface area contributed by atoms with Crippen molar-refractivity contribution in [2.45, 2.75) is 6.42 Å². The van der Waals surface area contributed by atoms with Crippen LogP contribution in [0.2, 0.25) is 5.02 Å². The van der Waals surface area contributed by atoms with Gasteiger partial charge < -0.3 is 15.2 Å². The molecule has 0 aromatic heterocycles. The molecule has 2 N–H and O–H groups in total. The monoisotopic (exact) mass is 305 g/mol. The Balaban J connectivity index is 2.21. The van der Waals surface area contributed by atoms with Gasteiger partial charge in [-0.2, -0.15) is 0 Å². The van der Waals surface area contributed by atoms with E-state index >= 15 is 0 Å². The number of rotatable bonds is 5. The Kier molecular flexibility index (Phi) is 4.70. The van der Waals surface area contributed by atoms with Gasteiger partial charge in [0.05, 0.1) is 24.9 Å². The van der Waals surface area contributed by atoms with E-state index in [1.165, 1.54) is 0 Å². The van der Waals surface area contributed by atoms with E-state index in [0.29, 0.717) is 27.8 Å². The molecule has 0 amide bonds. The fourth-order valence-corrected chi connectivity index (χ4v) is 2.16. The number of anilines is 1. The molecule has 0 aliphatic rings. The van der Waals surface area contributed by atoms with Crippen LogP contribution in [0.1, 0.15) is 15.9 Å². The van der Waals surface area contributed by atoms with Crippen molar-refractivity contribution in [1.82, 2.24) is 0 Å². The highest BCUT2D eigenvalue weighted by Crippen LogP contribution is 2.28. The van der Waals surface area contributed by atoms with Gasteiger partial charge in [-0.3, -0.25) is 4.79 Å². The smallest absolute Gasteiger partial charge is 0.167 e. The molecule has 0 spiro atoms. The molecule has 0 unspecified atom stereocenters. The minimum absolute atomic E-state index is 0.0379. The summed E-state index contributed by atoms with van der Waals surface area (Å²) in [6.45, 7) is 0. The number of hydrogen-bond donors (Lipinski definition) is 1. The number of halogens is 1. The molecule has 0 aliphatic heterocycles. The maximum absolute atomic E-state index is 12.3. The van der Waals surface area contributed by atoms with Crippen molar-refractivity contribution < 1.29 is 14.3 Å². The number of ether oxygens (including phenoxy) is 2. The van der Waals surface area contributed by atoms with Gasteiger partial charge in [-0.05, 0) is 35.9 Å². The van der Waals surface area contributed by atoms with Crippen LogP contribution in [0.5, 0.6) is 11.5 Å². The molecule has 0 saturated heterocycles. The van der Waals surface area contributed by atoms with Crippen molar-refractivity contribution in [2.75, 3.05) is 20.0 Å². The zero-order valence-electron chi connectivity index (χ0n) is 11.9. The number of nitrogens with two attached hydrogens (primary N) is 1. The van der Waals surface area contributed by atoms with Crippen LogP contribution in [0.3, 0.4) is 0 Å². The van der Waals surface area contributed by atoms with Gasteiger partial charge in [0.25, 0.3) is 0 Å². The largest absolute Gasteiger partial charge is 0.493 e. The topological polar surface area (TPSA) is 61.5 Å². The summed E-state index contributed by atoms with van der Waals surface area (Å²) in [7, 11) is 3.13. The van der Waals surface area contributed by atoms with Crippen LogP contribution in [0.15, 0.2) is 36.4 Å². The first-order chi connectivity index (χ1) is 10.0. The first-order valence-electron chi connectivity index (χ1n) is 6.34. The molecule has 2 aromatic carbocycles. The van der Waals surface area contributed by atoms with E-state index in [0.717, 1.165) is 5.56 Å². The number of ketones is 1. The van der Waals surface area contributed by atoms with Crippen molar-refractivity contribution in [2.24, 2.45) is 0 Å². The van der Waals surface area contributed by atoms with Crippen LogP contribution in [-0.2, 0) is 6.42 Å². The summed E-state index contributed by atoms with van der Waals surface area (Å²) in [4.78, 5) is 12.3. The summed E-state index contributed by atoms with van der Waals surface area (Å²) < 4.78 is 10.4. The highest BCUT2D eigenvalue weighted by atomic mass is 35.5. The van der Waals surface area contributed by atoms with Gasteiger partial charge in [-0.25, -0.2) is 0 Å². The molecule has 2 aromatic rings. The predicted molar refractivity (Wildman–Crippen MR) is 83.4 cm³/mol. The number of carbonyl (C=O) groups excluding carboxylic acids is 1. The summed E-state index contributed by atoms with van der Waals surface area (Å²) >= 11 is 5.93. The summed E-state index contributed by atoms with van der Waals surface area (Å²) in [5, 5.41) is 0.383. The third-order valence-corrected chi connectivity index (χ3v) is 3.46.